The van der Waals surface area contributed by atoms with Crippen molar-refractivity contribution in [3.8, 4) is 5.75 Å². The summed E-state index contributed by atoms with van der Waals surface area (Å²) in [5, 5.41) is 13.1. The molecule has 3 rings (SSSR count). The number of amides is 1. The van der Waals surface area contributed by atoms with Gasteiger partial charge in [-0.3, -0.25) is 4.79 Å². The lowest BCUT2D eigenvalue weighted by Crippen LogP contribution is -2.31. The van der Waals surface area contributed by atoms with Crippen LogP contribution in [-0.4, -0.2) is 23.8 Å². The van der Waals surface area contributed by atoms with Crippen molar-refractivity contribution in [2.24, 2.45) is 5.10 Å². The molecule has 0 fully saturated rings. The summed E-state index contributed by atoms with van der Waals surface area (Å²) in [5.41, 5.74) is 5.31. The van der Waals surface area contributed by atoms with Gasteiger partial charge < -0.3 is 9.84 Å². The van der Waals surface area contributed by atoms with E-state index < -0.39 is 6.10 Å². The van der Waals surface area contributed by atoms with E-state index in [0.717, 1.165) is 23.1 Å². The highest BCUT2D eigenvalue weighted by Crippen LogP contribution is 2.26. The van der Waals surface area contributed by atoms with Crippen LogP contribution in [0.3, 0.4) is 0 Å². The van der Waals surface area contributed by atoms with Crippen LogP contribution in [-0.2, 0) is 16.0 Å². The van der Waals surface area contributed by atoms with Crippen LogP contribution in [0, 0.1) is 0 Å². The van der Waals surface area contributed by atoms with E-state index in [0.29, 0.717) is 6.61 Å². The van der Waals surface area contributed by atoms with E-state index in [1.165, 1.54) is 6.21 Å². The van der Waals surface area contributed by atoms with Crippen LogP contribution in [0.4, 0.5) is 0 Å². The summed E-state index contributed by atoms with van der Waals surface area (Å²) in [6.07, 6.45) is 1.71. The lowest BCUT2D eigenvalue weighted by atomic mass is 9.97. The number of hydrogen-bond donors (Lipinski definition) is 2. The zero-order valence-electron chi connectivity index (χ0n) is 11.9. The van der Waals surface area contributed by atoms with Crippen molar-refractivity contribution in [2.75, 3.05) is 6.61 Å². The van der Waals surface area contributed by atoms with Gasteiger partial charge in [0.1, 0.15) is 5.75 Å². The summed E-state index contributed by atoms with van der Waals surface area (Å²) in [7, 11) is 0. The third kappa shape index (κ3) is 3.15. The van der Waals surface area contributed by atoms with Gasteiger partial charge in [-0.05, 0) is 47.4 Å². The first kappa shape index (κ1) is 14.3. The second-order valence-corrected chi connectivity index (χ2v) is 5.03. The summed E-state index contributed by atoms with van der Waals surface area (Å²) in [5.74, 6) is -0.101. The monoisotopic (exact) mass is 296 g/mol. The number of rotatable bonds is 3. The molecule has 2 aromatic rings. The summed E-state index contributed by atoms with van der Waals surface area (Å²) < 4.78 is 5.57. The fourth-order valence-corrected chi connectivity index (χ4v) is 2.40. The number of aromatic hydroxyl groups is 1. The molecule has 2 N–H and O–H groups in total. The van der Waals surface area contributed by atoms with Gasteiger partial charge in [0.25, 0.3) is 5.91 Å². The highest BCUT2D eigenvalue weighted by molar-refractivity contribution is 5.85. The predicted octanol–water partition coefficient (Wildman–Crippen LogP) is 2.16. The van der Waals surface area contributed by atoms with Gasteiger partial charge in [0, 0.05) is 0 Å². The molecule has 2 aromatic carbocycles. The molecular formula is C17H16N2O3. The number of benzene rings is 2. The maximum Gasteiger partial charge on any atom is 0.273 e. The quantitative estimate of drug-likeness (QED) is 0.673. The van der Waals surface area contributed by atoms with Crippen LogP contribution in [0.2, 0.25) is 0 Å². The van der Waals surface area contributed by atoms with Gasteiger partial charge in [-0.25, -0.2) is 5.43 Å². The maximum atomic E-state index is 12.2. The molecule has 1 amide bonds. The number of carbonyl (C=O) groups excluding carboxylic acids is 1. The average Bonchev–Trinajstić information content (AvgIpc) is 2.56. The van der Waals surface area contributed by atoms with Crippen LogP contribution in [0.5, 0.6) is 5.75 Å². The Bertz CT molecular complexity index is 695. The number of phenols is 1. The molecule has 112 valence electrons. The summed E-state index contributed by atoms with van der Waals surface area (Å²) in [4.78, 5) is 12.2. The van der Waals surface area contributed by atoms with Crippen LogP contribution in [0.15, 0.2) is 53.6 Å². The van der Waals surface area contributed by atoms with Crippen molar-refractivity contribution in [3.05, 3.63) is 65.2 Å². The topological polar surface area (TPSA) is 70.9 Å². The van der Waals surface area contributed by atoms with Gasteiger partial charge in [0.15, 0.2) is 6.10 Å². The summed E-state index contributed by atoms with van der Waals surface area (Å²) >= 11 is 0. The molecule has 0 bridgehead atoms. The minimum Gasteiger partial charge on any atom is -0.508 e. The van der Waals surface area contributed by atoms with Gasteiger partial charge in [-0.15, -0.1) is 0 Å². The molecule has 1 atom stereocenters. The molecule has 0 aromatic heterocycles. The number of carbonyl (C=O) groups is 1. The highest BCUT2D eigenvalue weighted by Gasteiger charge is 2.26. The van der Waals surface area contributed by atoms with Crippen molar-refractivity contribution in [2.45, 2.75) is 12.5 Å². The number of fused-ring (bicyclic) bond motifs is 1. The SMILES string of the molecule is O=C(N/N=C\c1ccc(O)cc1)C1OCCc2ccccc21. The van der Waals surface area contributed by atoms with Crippen molar-refractivity contribution in [1.29, 1.82) is 0 Å². The number of hydrogen-bond acceptors (Lipinski definition) is 4. The zero-order chi connectivity index (χ0) is 15.4. The predicted molar refractivity (Wildman–Crippen MR) is 82.7 cm³/mol. The molecule has 1 unspecified atom stereocenters. The lowest BCUT2D eigenvalue weighted by molar-refractivity contribution is -0.134. The van der Waals surface area contributed by atoms with Crippen molar-refractivity contribution in [1.82, 2.24) is 5.43 Å². The van der Waals surface area contributed by atoms with Crippen LogP contribution in [0.1, 0.15) is 22.8 Å². The minimum atomic E-state index is -0.623. The van der Waals surface area contributed by atoms with Gasteiger partial charge in [-0.2, -0.15) is 5.10 Å². The Hall–Kier alpha value is -2.66. The van der Waals surface area contributed by atoms with Crippen molar-refractivity contribution < 1.29 is 14.6 Å². The van der Waals surface area contributed by atoms with Crippen molar-refractivity contribution in [3.63, 3.8) is 0 Å². The second kappa shape index (κ2) is 6.41. The van der Waals surface area contributed by atoms with E-state index >= 15 is 0 Å². The molecule has 5 nitrogen and oxygen atoms in total. The minimum absolute atomic E-state index is 0.188. The fourth-order valence-electron chi connectivity index (χ4n) is 2.40. The smallest absolute Gasteiger partial charge is 0.273 e. The summed E-state index contributed by atoms with van der Waals surface area (Å²) in [6, 6.07) is 14.3. The zero-order valence-corrected chi connectivity index (χ0v) is 11.9. The third-order valence-corrected chi connectivity index (χ3v) is 3.51. The van der Waals surface area contributed by atoms with E-state index in [-0.39, 0.29) is 11.7 Å². The van der Waals surface area contributed by atoms with Crippen LogP contribution in [0.25, 0.3) is 0 Å². The number of phenolic OH excluding ortho intramolecular Hbond substituents is 1. The van der Waals surface area contributed by atoms with Crippen molar-refractivity contribution >= 4 is 12.1 Å². The Morgan fingerprint density at radius 2 is 2.00 bits per heavy atom. The second-order valence-electron chi connectivity index (χ2n) is 5.03. The Balaban J connectivity index is 1.67. The van der Waals surface area contributed by atoms with E-state index in [1.807, 2.05) is 24.3 Å². The van der Waals surface area contributed by atoms with Crippen LogP contribution >= 0.6 is 0 Å². The van der Waals surface area contributed by atoms with E-state index in [1.54, 1.807) is 24.3 Å². The van der Waals surface area contributed by atoms with Gasteiger partial charge >= 0.3 is 0 Å². The molecular weight excluding hydrogens is 280 g/mol. The molecule has 1 aliphatic rings. The Morgan fingerprint density at radius 3 is 2.82 bits per heavy atom. The normalized spacial score (nSPS) is 17.2. The molecule has 1 aliphatic heterocycles. The molecule has 1 heterocycles. The number of hydrazone groups is 1. The molecule has 0 spiro atoms. The Morgan fingerprint density at radius 1 is 1.23 bits per heavy atom. The van der Waals surface area contributed by atoms with Gasteiger partial charge in [0.2, 0.25) is 0 Å². The van der Waals surface area contributed by atoms with E-state index in [2.05, 4.69) is 10.5 Å². The Labute approximate surface area is 128 Å². The average molecular weight is 296 g/mol. The molecule has 0 aliphatic carbocycles. The standard InChI is InChI=1S/C17H16N2O3/c20-14-7-5-12(6-8-14)11-18-19-17(21)16-15-4-2-1-3-13(15)9-10-22-16/h1-8,11,16,20H,9-10H2,(H,19,21)/b18-11-. The van der Waals surface area contributed by atoms with E-state index in [4.69, 9.17) is 4.74 Å². The molecule has 0 saturated carbocycles. The largest absolute Gasteiger partial charge is 0.508 e. The first-order chi connectivity index (χ1) is 10.7. The molecule has 0 radical (unpaired) electrons. The number of ether oxygens (including phenoxy) is 1. The molecule has 0 saturated heterocycles. The lowest BCUT2D eigenvalue weighted by Gasteiger charge is -2.24. The number of nitrogens with zero attached hydrogens (tertiary/aromatic N) is 1. The first-order valence-electron chi connectivity index (χ1n) is 7.05. The highest BCUT2D eigenvalue weighted by atomic mass is 16.5. The first-order valence-corrected chi connectivity index (χ1v) is 7.05. The molecule has 5 heteroatoms. The van der Waals surface area contributed by atoms with Gasteiger partial charge in [-0.1, -0.05) is 24.3 Å². The van der Waals surface area contributed by atoms with Gasteiger partial charge in [0.05, 0.1) is 12.8 Å². The third-order valence-electron chi connectivity index (χ3n) is 3.51. The van der Waals surface area contributed by atoms with E-state index in [9.17, 15) is 9.90 Å². The molecule has 22 heavy (non-hydrogen) atoms. The maximum absolute atomic E-state index is 12.2. The number of nitrogens with one attached hydrogen (secondary N) is 1. The summed E-state index contributed by atoms with van der Waals surface area (Å²) in [6.45, 7) is 0.525. The van der Waals surface area contributed by atoms with Crippen LogP contribution < -0.4 is 5.43 Å². The fraction of sp³-hybridized carbons (Fsp3) is 0.176. The Kier molecular flexibility index (Phi) is 4.16.